The molecule has 0 saturated heterocycles. The zero-order chi connectivity index (χ0) is 10.8. The van der Waals surface area contributed by atoms with Crippen LogP contribution in [0.25, 0.3) is 0 Å². The summed E-state index contributed by atoms with van der Waals surface area (Å²) >= 11 is 1.70. The number of thiazole rings is 1. The van der Waals surface area contributed by atoms with Gasteiger partial charge in [-0.05, 0) is 6.42 Å². The lowest BCUT2D eigenvalue weighted by Crippen LogP contribution is -2.22. The van der Waals surface area contributed by atoms with Gasteiger partial charge in [0.15, 0.2) is 0 Å². The maximum Gasteiger partial charge on any atom is 0.109 e. The second-order valence-corrected chi connectivity index (χ2v) is 4.98. The Kier molecular flexibility index (Phi) is 2.71. The number of aryl methyl sites for hydroxylation is 1. The lowest BCUT2D eigenvalue weighted by atomic mass is 10.2. The van der Waals surface area contributed by atoms with Crippen LogP contribution < -0.4 is 5.32 Å². The van der Waals surface area contributed by atoms with E-state index in [1.165, 1.54) is 12.2 Å². The lowest BCUT2D eigenvalue weighted by molar-refractivity contribution is 0.478. The highest BCUT2D eigenvalue weighted by molar-refractivity contribution is 7.09. The molecule has 0 fully saturated rings. The molecule has 0 aromatic carbocycles. The second-order valence-electron chi connectivity index (χ2n) is 4.00. The van der Waals surface area contributed by atoms with E-state index in [0.29, 0.717) is 6.04 Å². The number of nitrogens with one attached hydrogen (secondary N) is 1. The Morgan fingerprint density at radius 1 is 1.44 bits per heavy atom. The fourth-order valence-corrected chi connectivity index (χ4v) is 2.78. The summed E-state index contributed by atoms with van der Waals surface area (Å²) in [6, 6.07) is 0.567. The molecule has 16 heavy (non-hydrogen) atoms. The van der Waals surface area contributed by atoms with Gasteiger partial charge in [0.1, 0.15) is 10.8 Å². The molecule has 1 atom stereocenters. The molecule has 1 aliphatic heterocycles. The monoisotopic (exact) mass is 234 g/mol. The van der Waals surface area contributed by atoms with E-state index in [1.54, 1.807) is 11.3 Å². The van der Waals surface area contributed by atoms with Crippen LogP contribution >= 0.6 is 11.3 Å². The summed E-state index contributed by atoms with van der Waals surface area (Å²) in [5, 5.41) is 6.63. The summed E-state index contributed by atoms with van der Waals surface area (Å²) < 4.78 is 2.29. The molecule has 0 amide bonds. The normalized spacial score (nSPS) is 18.9. The highest BCUT2D eigenvalue weighted by atomic mass is 32.1. The second kappa shape index (κ2) is 4.35. The Bertz CT molecular complexity index is 448. The first-order chi connectivity index (χ1) is 7.93. The first-order valence-electron chi connectivity index (χ1n) is 5.54. The van der Waals surface area contributed by atoms with Crippen molar-refractivity contribution in [2.75, 3.05) is 6.54 Å². The molecule has 3 rings (SSSR count). The third kappa shape index (κ3) is 1.88. The molecule has 4 nitrogen and oxygen atoms in total. The van der Waals surface area contributed by atoms with Crippen molar-refractivity contribution in [1.82, 2.24) is 19.9 Å². The smallest absolute Gasteiger partial charge is 0.109 e. The first kappa shape index (κ1) is 9.99. The third-order valence-corrected chi connectivity index (χ3v) is 3.76. The fraction of sp³-hybridized carbons (Fsp3) is 0.455. The lowest BCUT2D eigenvalue weighted by Gasteiger charge is -2.12. The van der Waals surface area contributed by atoms with E-state index in [-0.39, 0.29) is 0 Å². The van der Waals surface area contributed by atoms with Crippen molar-refractivity contribution in [2.45, 2.75) is 25.4 Å². The average molecular weight is 234 g/mol. The van der Waals surface area contributed by atoms with E-state index in [4.69, 9.17) is 0 Å². The van der Waals surface area contributed by atoms with Gasteiger partial charge in [-0.1, -0.05) is 0 Å². The molecule has 2 aromatic rings. The van der Waals surface area contributed by atoms with Gasteiger partial charge in [0, 0.05) is 49.5 Å². The van der Waals surface area contributed by atoms with E-state index in [0.717, 1.165) is 24.5 Å². The molecule has 1 N–H and O–H groups in total. The predicted octanol–water partition coefficient (Wildman–Crippen LogP) is 1.62. The van der Waals surface area contributed by atoms with Crippen molar-refractivity contribution in [3.05, 3.63) is 34.8 Å². The van der Waals surface area contributed by atoms with Gasteiger partial charge in [-0.3, -0.25) is 0 Å². The first-order valence-corrected chi connectivity index (χ1v) is 6.42. The fourth-order valence-electron chi connectivity index (χ4n) is 2.19. The molecule has 0 unspecified atom stereocenters. The molecule has 0 spiro atoms. The molecular formula is C11H14N4S. The Hall–Kier alpha value is -1.20. The Labute approximate surface area is 98.4 Å². The molecule has 2 aromatic heterocycles. The molecule has 0 saturated carbocycles. The van der Waals surface area contributed by atoms with Crippen LogP contribution in [0.4, 0.5) is 0 Å². The standard InChI is InChI=1S/C11H14N4S/c1-2-10-13-3-5-15(10)9(1)7-12-8-11-14-4-6-16-11/h3-6,9,12H,1-2,7-8H2/t9-/m1/s1. The zero-order valence-corrected chi connectivity index (χ0v) is 9.78. The number of hydrogen-bond donors (Lipinski definition) is 1. The van der Waals surface area contributed by atoms with Gasteiger partial charge < -0.3 is 9.88 Å². The summed E-state index contributed by atoms with van der Waals surface area (Å²) in [4.78, 5) is 8.58. The molecule has 0 radical (unpaired) electrons. The van der Waals surface area contributed by atoms with Crippen molar-refractivity contribution in [2.24, 2.45) is 0 Å². The highest BCUT2D eigenvalue weighted by Crippen LogP contribution is 2.23. The van der Waals surface area contributed by atoms with Crippen molar-refractivity contribution < 1.29 is 0 Å². The van der Waals surface area contributed by atoms with Crippen LogP contribution in [-0.2, 0) is 13.0 Å². The SMILES string of the molecule is c1csc(CNC[C@H]2CCc3nccn32)n1. The summed E-state index contributed by atoms with van der Waals surface area (Å²) in [6.07, 6.45) is 8.14. The molecule has 1 aliphatic rings. The number of imidazole rings is 1. The van der Waals surface area contributed by atoms with E-state index in [1.807, 2.05) is 17.8 Å². The van der Waals surface area contributed by atoms with E-state index < -0.39 is 0 Å². The van der Waals surface area contributed by atoms with Crippen LogP contribution in [0.2, 0.25) is 0 Å². The Morgan fingerprint density at radius 2 is 2.44 bits per heavy atom. The van der Waals surface area contributed by atoms with Gasteiger partial charge in [-0.25, -0.2) is 9.97 Å². The largest absolute Gasteiger partial charge is 0.331 e. The van der Waals surface area contributed by atoms with Gasteiger partial charge in [0.2, 0.25) is 0 Å². The van der Waals surface area contributed by atoms with E-state index in [9.17, 15) is 0 Å². The number of hydrogen-bond acceptors (Lipinski definition) is 4. The number of aromatic nitrogens is 3. The number of nitrogens with zero attached hydrogens (tertiary/aromatic N) is 3. The van der Waals surface area contributed by atoms with Crippen molar-refractivity contribution in [1.29, 1.82) is 0 Å². The van der Waals surface area contributed by atoms with Gasteiger partial charge in [-0.2, -0.15) is 0 Å². The van der Waals surface area contributed by atoms with Crippen LogP contribution in [-0.4, -0.2) is 21.1 Å². The summed E-state index contributed by atoms with van der Waals surface area (Å²) in [6.45, 7) is 1.88. The molecule has 84 valence electrons. The van der Waals surface area contributed by atoms with E-state index >= 15 is 0 Å². The molecular weight excluding hydrogens is 220 g/mol. The quantitative estimate of drug-likeness (QED) is 0.874. The minimum atomic E-state index is 0.567. The predicted molar refractivity (Wildman–Crippen MR) is 63.4 cm³/mol. The van der Waals surface area contributed by atoms with Gasteiger partial charge >= 0.3 is 0 Å². The van der Waals surface area contributed by atoms with E-state index in [2.05, 4.69) is 26.0 Å². The maximum atomic E-state index is 4.33. The van der Waals surface area contributed by atoms with Gasteiger partial charge in [-0.15, -0.1) is 11.3 Å². The van der Waals surface area contributed by atoms with Crippen molar-refractivity contribution in [3.8, 4) is 0 Å². The summed E-state index contributed by atoms with van der Waals surface area (Å²) in [7, 11) is 0. The van der Waals surface area contributed by atoms with Gasteiger partial charge in [0.25, 0.3) is 0 Å². The van der Waals surface area contributed by atoms with Crippen LogP contribution in [0.15, 0.2) is 24.0 Å². The number of fused-ring (bicyclic) bond motifs is 1. The number of rotatable bonds is 4. The van der Waals surface area contributed by atoms with Crippen LogP contribution in [0.3, 0.4) is 0 Å². The summed E-state index contributed by atoms with van der Waals surface area (Å²) in [5.74, 6) is 1.22. The van der Waals surface area contributed by atoms with Crippen molar-refractivity contribution in [3.63, 3.8) is 0 Å². The average Bonchev–Trinajstić information content (AvgIpc) is 2.95. The molecule has 0 aliphatic carbocycles. The third-order valence-electron chi connectivity index (χ3n) is 2.98. The molecule has 0 bridgehead atoms. The molecule has 5 heteroatoms. The minimum Gasteiger partial charge on any atom is -0.331 e. The zero-order valence-electron chi connectivity index (χ0n) is 8.97. The van der Waals surface area contributed by atoms with Crippen LogP contribution in [0, 0.1) is 0 Å². The van der Waals surface area contributed by atoms with Crippen molar-refractivity contribution >= 4 is 11.3 Å². The Morgan fingerprint density at radius 3 is 3.31 bits per heavy atom. The Balaban J connectivity index is 1.54. The van der Waals surface area contributed by atoms with Crippen LogP contribution in [0.5, 0.6) is 0 Å². The topological polar surface area (TPSA) is 42.7 Å². The maximum absolute atomic E-state index is 4.33. The van der Waals surface area contributed by atoms with Gasteiger partial charge in [0.05, 0.1) is 0 Å². The highest BCUT2D eigenvalue weighted by Gasteiger charge is 2.21. The summed E-state index contributed by atoms with van der Waals surface area (Å²) in [5.41, 5.74) is 0. The van der Waals surface area contributed by atoms with Crippen LogP contribution in [0.1, 0.15) is 23.3 Å². The molecule has 3 heterocycles. The minimum absolute atomic E-state index is 0.567.